The topological polar surface area (TPSA) is 66.4 Å². The van der Waals surface area contributed by atoms with Crippen molar-refractivity contribution in [1.82, 2.24) is 0 Å². The Morgan fingerprint density at radius 3 is 2.93 bits per heavy atom. The molecule has 0 aromatic heterocycles. The fourth-order valence-electron chi connectivity index (χ4n) is 1.72. The molecule has 0 saturated carbocycles. The van der Waals surface area contributed by atoms with Crippen LogP contribution >= 0.6 is 15.9 Å². The summed E-state index contributed by atoms with van der Waals surface area (Å²) < 4.78 is 0.768. The third kappa shape index (κ3) is 1.74. The molecule has 1 aromatic carbocycles. The van der Waals surface area contributed by atoms with E-state index >= 15 is 0 Å². The number of carboxylic acid groups (broad SMARTS) is 1. The van der Waals surface area contributed by atoms with E-state index in [-0.39, 0.29) is 12.3 Å². The first-order chi connectivity index (χ1) is 7.09. The molecule has 0 spiro atoms. The van der Waals surface area contributed by atoms with E-state index in [9.17, 15) is 9.59 Å². The van der Waals surface area contributed by atoms with Gasteiger partial charge in [0.05, 0.1) is 12.3 Å². The molecule has 4 nitrogen and oxygen atoms in total. The van der Waals surface area contributed by atoms with Crippen molar-refractivity contribution in [3.8, 4) is 0 Å². The first kappa shape index (κ1) is 10.2. The number of hydrogen-bond acceptors (Lipinski definition) is 2. The van der Waals surface area contributed by atoms with Crippen molar-refractivity contribution < 1.29 is 14.7 Å². The first-order valence-corrected chi connectivity index (χ1v) is 5.20. The molecular formula is C10H8BrNO3. The molecule has 0 fully saturated rings. The van der Waals surface area contributed by atoms with E-state index in [1.807, 2.05) is 0 Å². The Bertz CT molecular complexity index is 444. The van der Waals surface area contributed by atoms with Gasteiger partial charge in [-0.15, -0.1) is 0 Å². The standard InChI is InChI=1S/C10H8BrNO3/c11-6-2-1-3-7-9(6)5(4-8(13)14)10(15)12-7/h1-3,5H,4H2,(H,12,15)(H,13,14). The molecule has 2 rings (SSSR count). The minimum Gasteiger partial charge on any atom is -0.481 e. The molecule has 5 heteroatoms. The van der Waals surface area contributed by atoms with Gasteiger partial charge in [-0.1, -0.05) is 22.0 Å². The average molecular weight is 270 g/mol. The molecule has 0 radical (unpaired) electrons. The summed E-state index contributed by atoms with van der Waals surface area (Å²) in [6.07, 6.45) is -0.179. The largest absolute Gasteiger partial charge is 0.481 e. The third-order valence-corrected chi connectivity index (χ3v) is 3.05. The SMILES string of the molecule is O=C(O)CC1C(=O)Nc2cccc(Br)c21. The van der Waals surface area contributed by atoms with Gasteiger partial charge in [-0.3, -0.25) is 9.59 Å². The van der Waals surface area contributed by atoms with Crippen molar-refractivity contribution in [2.75, 3.05) is 5.32 Å². The zero-order valence-corrected chi connectivity index (χ0v) is 9.24. The Labute approximate surface area is 94.4 Å². The lowest BCUT2D eigenvalue weighted by Gasteiger charge is -2.06. The van der Waals surface area contributed by atoms with Crippen LogP contribution in [0.5, 0.6) is 0 Å². The predicted octanol–water partition coefficient (Wildman–Crippen LogP) is 1.96. The number of amides is 1. The minimum atomic E-state index is -0.973. The molecule has 1 aromatic rings. The Hall–Kier alpha value is -1.36. The first-order valence-electron chi connectivity index (χ1n) is 4.40. The van der Waals surface area contributed by atoms with Gasteiger partial charge in [-0.05, 0) is 12.1 Å². The summed E-state index contributed by atoms with van der Waals surface area (Å²) in [5.74, 6) is -1.81. The number of anilines is 1. The highest BCUT2D eigenvalue weighted by molar-refractivity contribution is 9.10. The number of hydrogen-bond donors (Lipinski definition) is 2. The van der Waals surface area contributed by atoms with Crippen LogP contribution in [0.25, 0.3) is 0 Å². The second kappa shape index (κ2) is 3.66. The molecule has 1 aliphatic heterocycles. The molecule has 1 aliphatic rings. The normalized spacial score (nSPS) is 18.5. The highest BCUT2D eigenvalue weighted by Gasteiger charge is 2.33. The summed E-state index contributed by atoms with van der Waals surface area (Å²) in [4.78, 5) is 22.2. The summed E-state index contributed by atoms with van der Waals surface area (Å²) >= 11 is 3.32. The molecule has 1 unspecified atom stereocenters. The molecule has 1 heterocycles. The molecular weight excluding hydrogens is 262 g/mol. The monoisotopic (exact) mass is 269 g/mol. The fourth-order valence-corrected chi connectivity index (χ4v) is 2.36. The zero-order valence-electron chi connectivity index (χ0n) is 7.66. The van der Waals surface area contributed by atoms with E-state index in [0.29, 0.717) is 5.69 Å². The molecule has 2 N–H and O–H groups in total. The molecule has 0 aliphatic carbocycles. The van der Waals surface area contributed by atoms with Crippen LogP contribution in [-0.2, 0) is 9.59 Å². The lowest BCUT2D eigenvalue weighted by atomic mass is 9.97. The van der Waals surface area contributed by atoms with Crippen LogP contribution < -0.4 is 5.32 Å². The quantitative estimate of drug-likeness (QED) is 0.863. The van der Waals surface area contributed by atoms with Gasteiger partial charge in [0.2, 0.25) is 5.91 Å². The van der Waals surface area contributed by atoms with Crippen LogP contribution in [0.3, 0.4) is 0 Å². The third-order valence-electron chi connectivity index (χ3n) is 2.35. The van der Waals surface area contributed by atoms with E-state index < -0.39 is 11.9 Å². The molecule has 0 saturated heterocycles. The highest BCUT2D eigenvalue weighted by Crippen LogP contribution is 2.39. The van der Waals surface area contributed by atoms with Crippen LogP contribution in [-0.4, -0.2) is 17.0 Å². The lowest BCUT2D eigenvalue weighted by molar-refractivity contribution is -0.138. The molecule has 1 amide bonds. The maximum atomic E-state index is 11.5. The van der Waals surface area contributed by atoms with E-state index in [2.05, 4.69) is 21.2 Å². The number of carbonyl (C=O) groups excluding carboxylic acids is 1. The molecule has 0 bridgehead atoms. The molecule has 78 valence electrons. The van der Waals surface area contributed by atoms with Crippen LogP contribution in [0, 0.1) is 0 Å². The van der Waals surface area contributed by atoms with Crippen molar-refractivity contribution >= 4 is 33.5 Å². The summed E-state index contributed by atoms with van der Waals surface area (Å²) in [6, 6.07) is 5.36. The number of rotatable bonds is 2. The van der Waals surface area contributed by atoms with Gasteiger partial charge >= 0.3 is 5.97 Å². The Morgan fingerprint density at radius 1 is 1.53 bits per heavy atom. The smallest absolute Gasteiger partial charge is 0.304 e. The highest BCUT2D eigenvalue weighted by atomic mass is 79.9. The molecule has 1 atom stereocenters. The number of aliphatic carboxylic acids is 1. The summed E-state index contributed by atoms with van der Waals surface area (Å²) in [5.41, 5.74) is 1.44. The number of fused-ring (bicyclic) bond motifs is 1. The zero-order chi connectivity index (χ0) is 11.0. The van der Waals surface area contributed by atoms with Gasteiger partial charge in [0.1, 0.15) is 0 Å². The second-order valence-corrected chi connectivity index (χ2v) is 4.20. The van der Waals surface area contributed by atoms with Gasteiger partial charge in [0.15, 0.2) is 0 Å². The number of carboxylic acids is 1. The molecule has 15 heavy (non-hydrogen) atoms. The maximum absolute atomic E-state index is 11.5. The van der Waals surface area contributed by atoms with E-state index in [0.717, 1.165) is 10.0 Å². The minimum absolute atomic E-state index is 0.179. The van der Waals surface area contributed by atoms with Crippen LogP contribution in [0.4, 0.5) is 5.69 Å². The summed E-state index contributed by atoms with van der Waals surface area (Å²) in [5, 5.41) is 11.4. The van der Waals surface area contributed by atoms with Crippen molar-refractivity contribution in [3.05, 3.63) is 28.2 Å². The van der Waals surface area contributed by atoms with Crippen molar-refractivity contribution in [3.63, 3.8) is 0 Å². The van der Waals surface area contributed by atoms with Crippen LogP contribution in [0.15, 0.2) is 22.7 Å². The van der Waals surface area contributed by atoms with Gasteiger partial charge < -0.3 is 10.4 Å². The van der Waals surface area contributed by atoms with Gasteiger partial charge in [0, 0.05) is 15.7 Å². The second-order valence-electron chi connectivity index (χ2n) is 3.34. The Morgan fingerprint density at radius 2 is 2.27 bits per heavy atom. The number of nitrogens with one attached hydrogen (secondary N) is 1. The Kier molecular flexibility index (Phi) is 2.48. The van der Waals surface area contributed by atoms with Gasteiger partial charge in [0.25, 0.3) is 0 Å². The van der Waals surface area contributed by atoms with Gasteiger partial charge in [-0.25, -0.2) is 0 Å². The summed E-state index contributed by atoms with van der Waals surface area (Å²) in [6.45, 7) is 0. The maximum Gasteiger partial charge on any atom is 0.304 e. The van der Waals surface area contributed by atoms with E-state index in [1.54, 1.807) is 18.2 Å². The van der Waals surface area contributed by atoms with Crippen LogP contribution in [0.1, 0.15) is 17.9 Å². The van der Waals surface area contributed by atoms with Crippen LogP contribution in [0.2, 0.25) is 0 Å². The summed E-state index contributed by atoms with van der Waals surface area (Å²) in [7, 11) is 0. The lowest BCUT2D eigenvalue weighted by Crippen LogP contribution is -2.15. The van der Waals surface area contributed by atoms with E-state index in [4.69, 9.17) is 5.11 Å². The van der Waals surface area contributed by atoms with Crippen molar-refractivity contribution in [1.29, 1.82) is 0 Å². The fraction of sp³-hybridized carbons (Fsp3) is 0.200. The number of halogens is 1. The number of carbonyl (C=O) groups is 2. The Balaban J connectivity index is 2.44. The van der Waals surface area contributed by atoms with Gasteiger partial charge in [-0.2, -0.15) is 0 Å². The van der Waals surface area contributed by atoms with Crippen molar-refractivity contribution in [2.24, 2.45) is 0 Å². The average Bonchev–Trinajstić information content (AvgIpc) is 2.43. The predicted molar refractivity (Wildman–Crippen MR) is 57.8 cm³/mol. The van der Waals surface area contributed by atoms with Crippen molar-refractivity contribution in [2.45, 2.75) is 12.3 Å². The number of benzene rings is 1. The van der Waals surface area contributed by atoms with E-state index in [1.165, 1.54) is 0 Å².